The number of hydrogen-bond acceptors (Lipinski definition) is 3. The minimum atomic E-state index is -4.52. The van der Waals surface area contributed by atoms with Crippen LogP contribution in [0.1, 0.15) is 51.5 Å². The van der Waals surface area contributed by atoms with Crippen molar-refractivity contribution in [2.75, 3.05) is 18.4 Å². The molecule has 1 heterocycles. The Labute approximate surface area is 191 Å². The molecule has 1 aliphatic carbocycles. The van der Waals surface area contributed by atoms with Crippen LogP contribution in [0.4, 0.5) is 18.9 Å². The molecular weight excluding hydrogens is 445 g/mol. The second-order valence-electron chi connectivity index (χ2n) is 9.41. The Bertz CT molecular complexity index is 849. The highest BCUT2D eigenvalue weighted by Gasteiger charge is 2.47. The lowest BCUT2D eigenvalue weighted by atomic mass is 9.65. The molecule has 1 aliphatic heterocycles. The van der Waals surface area contributed by atoms with E-state index in [2.05, 4.69) is 12.2 Å². The first-order valence-electron chi connectivity index (χ1n) is 11.1. The summed E-state index contributed by atoms with van der Waals surface area (Å²) >= 11 is 6.23. The van der Waals surface area contributed by atoms with E-state index in [1.54, 1.807) is 23.1 Å². The fourth-order valence-electron chi connectivity index (χ4n) is 4.64. The first-order chi connectivity index (χ1) is 14.9. The molecule has 5 nitrogen and oxygen atoms in total. The minimum absolute atomic E-state index is 0.200. The summed E-state index contributed by atoms with van der Waals surface area (Å²) in [5.41, 5.74) is 0.0604. The zero-order chi connectivity index (χ0) is 23.7. The van der Waals surface area contributed by atoms with Crippen LogP contribution in [0.15, 0.2) is 18.2 Å². The average molecular weight is 475 g/mol. The van der Waals surface area contributed by atoms with Crippen LogP contribution in [0.25, 0.3) is 0 Å². The second-order valence-corrected chi connectivity index (χ2v) is 9.82. The Kier molecular flexibility index (Phi) is 7.44. The summed E-state index contributed by atoms with van der Waals surface area (Å²) in [6.07, 6.45) is -0.765. The van der Waals surface area contributed by atoms with Crippen LogP contribution < -0.4 is 5.32 Å². The third-order valence-corrected chi connectivity index (χ3v) is 7.40. The van der Waals surface area contributed by atoms with Crippen LogP contribution >= 0.6 is 11.6 Å². The van der Waals surface area contributed by atoms with Crippen LogP contribution in [-0.4, -0.2) is 47.2 Å². The van der Waals surface area contributed by atoms with Crippen molar-refractivity contribution in [2.24, 2.45) is 17.3 Å². The van der Waals surface area contributed by atoms with Gasteiger partial charge in [-0.15, -0.1) is 0 Å². The molecule has 178 valence electrons. The van der Waals surface area contributed by atoms with Gasteiger partial charge >= 0.3 is 12.1 Å². The number of nitrogens with zero attached hydrogens (tertiary/aromatic N) is 1. The van der Waals surface area contributed by atoms with Gasteiger partial charge in [0, 0.05) is 0 Å². The number of carbonyl (C=O) groups is 2. The van der Waals surface area contributed by atoms with Crippen molar-refractivity contribution in [1.82, 2.24) is 4.90 Å². The fourth-order valence-corrected chi connectivity index (χ4v) is 4.81. The predicted molar refractivity (Wildman–Crippen MR) is 117 cm³/mol. The quantitative estimate of drug-likeness (QED) is 0.557. The van der Waals surface area contributed by atoms with E-state index in [-0.39, 0.29) is 17.1 Å². The predicted octanol–water partition coefficient (Wildman–Crippen LogP) is 5.37. The summed E-state index contributed by atoms with van der Waals surface area (Å²) in [7, 11) is 0. The molecule has 1 saturated carbocycles. The minimum Gasteiger partial charge on any atom is -0.481 e. The number of carboxylic acids is 1. The lowest BCUT2D eigenvalue weighted by molar-refractivity contribution is -0.189. The molecule has 1 aromatic carbocycles. The number of rotatable bonds is 7. The summed E-state index contributed by atoms with van der Waals surface area (Å²) in [4.78, 5) is 26.4. The number of amides is 1. The Morgan fingerprint density at radius 2 is 1.91 bits per heavy atom. The maximum Gasteiger partial charge on any atom is 0.393 e. The number of carboxylic acid groups (broad SMARTS) is 1. The highest BCUT2D eigenvalue weighted by Crippen LogP contribution is 2.44. The van der Waals surface area contributed by atoms with E-state index in [1.807, 2.05) is 0 Å². The number of anilines is 1. The van der Waals surface area contributed by atoms with Crippen molar-refractivity contribution in [2.45, 2.75) is 64.6 Å². The van der Waals surface area contributed by atoms with E-state index in [9.17, 15) is 27.9 Å². The normalized spacial score (nSPS) is 21.4. The molecular formula is C23H30ClF3N2O3. The fraction of sp³-hybridized carbons (Fsp3) is 0.652. The van der Waals surface area contributed by atoms with Gasteiger partial charge in [-0.25, -0.2) is 0 Å². The molecule has 3 rings (SSSR count). The van der Waals surface area contributed by atoms with Crippen molar-refractivity contribution < 1.29 is 27.9 Å². The van der Waals surface area contributed by atoms with Crippen LogP contribution in [0.2, 0.25) is 5.02 Å². The monoisotopic (exact) mass is 474 g/mol. The molecule has 0 spiro atoms. The van der Waals surface area contributed by atoms with Crippen molar-refractivity contribution in [1.29, 1.82) is 0 Å². The molecule has 9 heteroatoms. The molecule has 0 radical (unpaired) electrons. The van der Waals surface area contributed by atoms with Crippen molar-refractivity contribution in [3.63, 3.8) is 0 Å². The number of hydrogen-bond donors (Lipinski definition) is 2. The standard InChI is InChI=1S/C23H30ClF3N2O3/c1-14-6-10-29(11-7-14)19(15(2)23(25,26)27)20(30)28-18-12-16(4-5-17(18)24)13-22(21(31)32)8-3-9-22/h4-5,12,14-15,19H,3,6-11,13H2,1-2H3,(H,28,30)(H,31,32)/t15-,19-/m1/s1. The first kappa shape index (κ1) is 24.8. The van der Waals surface area contributed by atoms with Gasteiger partial charge in [-0.3, -0.25) is 14.5 Å². The lowest BCUT2D eigenvalue weighted by Gasteiger charge is -2.39. The number of piperidine rings is 1. The molecule has 2 atom stereocenters. The highest BCUT2D eigenvalue weighted by molar-refractivity contribution is 6.33. The first-order valence-corrected chi connectivity index (χ1v) is 11.4. The number of nitrogens with one attached hydrogen (secondary N) is 1. The van der Waals surface area contributed by atoms with Gasteiger partial charge in [0.05, 0.1) is 22.0 Å². The Balaban J connectivity index is 1.81. The summed E-state index contributed by atoms with van der Waals surface area (Å²) in [5.74, 6) is -3.04. The summed E-state index contributed by atoms with van der Waals surface area (Å²) in [6, 6.07) is 3.46. The van der Waals surface area contributed by atoms with Gasteiger partial charge in [0.25, 0.3) is 0 Å². The number of carbonyl (C=O) groups excluding carboxylic acids is 1. The van der Waals surface area contributed by atoms with E-state index in [1.165, 1.54) is 0 Å². The maximum atomic E-state index is 13.6. The largest absolute Gasteiger partial charge is 0.481 e. The molecule has 2 fully saturated rings. The van der Waals surface area contributed by atoms with E-state index >= 15 is 0 Å². The zero-order valence-corrected chi connectivity index (χ0v) is 19.1. The van der Waals surface area contributed by atoms with Crippen LogP contribution in [0.3, 0.4) is 0 Å². The van der Waals surface area contributed by atoms with Crippen molar-refractivity contribution >= 4 is 29.2 Å². The average Bonchev–Trinajstić information content (AvgIpc) is 2.67. The molecule has 1 amide bonds. The van der Waals surface area contributed by atoms with E-state index in [0.29, 0.717) is 37.4 Å². The maximum absolute atomic E-state index is 13.6. The highest BCUT2D eigenvalue weighted by atomic mass is 35.5. The summed E-state index contributed by atoms with van der Waals surface area (Å²) < 4.78 is 40.8. The third kappa shape index (κ3) is 5.39. The number of halogens is 4. The number of likely N-dealkylation sites (tertiary alicyclic amines) is 1. The molecule has 1 aromatic rings. The number of alkyl halides is 3. The van der Waals surface area contributed by atoms with E-state index in [4.69, 9.17) is 11.6 Å². The SMILES string of the molecule is CC1CCN([C@@H](C(=O)Nc2cc(CC3(C(=O)O)CCC3)ccc2Cl)[C@@H](C)C(F)(F)F)CC1. The van der Waals surface area contributed by atoms with Gasteiger partial charge < -0.3 is 10.4 Å². The summed E-state index contributed by atoms with van der Waals surface area (Å²) in [5, 5.41) is 12.4. The second kappa shape index (κ2) is 9.59. The molecule has 1 saturated heterocycles. The van der Waals surface area contributed by atoms with Crippen molar-refractivity contribution in [3.8, 4) is 0 Å². The Morgan fingerprint density at radius 3 is 2.41 bits per heavy atom. The smallest absolute Gasteiger partial charge is 0.393 e. The van der Waals surface area contributed by atoms with Gasteiger partial charge in [0.2, 0.25) is 5.91 Å². The van der Waals surface area contributed by atoms with Crippen LogP contribution in [0, 0.1) is 17.3 Å². The molecule has 2 aliphatic rings. The van der Waals surface area contributed by atoms with Gasteiger partial charge in [-0.05, 0) is 68.8 Å². The van der Waals surface area contributed by atoms with E-state index in [0.717, 1.165) is 26.2 Å². The third-order valence-electron chi connectivity index (χ3n) is 7.07. The van der Waals surface area contributed by atoms with Crippen LogP contribution in [-0.2, 0) is 16.0 Å². The topological polar surface area (TPSA) is 69.6 Å². The Hall–Kier alpha value is -1.80. The van der Waals surface area contributed by atoms with Gasteiger partial charge in [-0.2, -0.15) is 13.2 Å². The molecule has 2 N–H and O–H groups in total. The number of aliphatic carboxylic acids is 1. The molecule has 0 bridgehead atoms. The van der Waals surface area contributed by atoms with Crippen LogP contribution in [0.5, 0.6) is 0 Å². The molecule has 32 heavy (non-hydrogen) atoms. The van der Waals surface area contributed by atoms with Gasteiger partial charge in [-0.1, -0.05) is 37.9 Å². The summed E-state index contributed by atoms with van der Waals surface area (Å²) in [6.45, 7) is 3.94. The molecule has 0 unspecified atom stereocenters. The van der Waals surface area contributed by atoms with Crippen molar-refractivity contribution in [3.05, 3.63) is 28.8 Å². The van der Waals surface area contributed by atoms with Gasteiger partial charge in [0.1, 0.15) is 6.04 Å². The zero-order valence-electron chi connectivity index (χ0n) is 18.3. The lowest BCUT2D eigenvalue weighted by Crippen LogP contribution is -2.54. The van der Waals surface area contributed by atoms with E-state index < -0.39 is 35.4 Å². The van der Waals surface area contributed by atoms with Gasteiger partial charge in [0.15, 0.2) is 0 Å². The number of benzene rings is 1. The molecule has 0 aromatic heterocycles. The Morgan fingerprint density at radius 1 is 1.28 bits per heavy atom.